The highest BCUT2D eigenvalue weighted by Crippen LogP contribution is 2.34. The van der Waals surface area contributed by atoms with Gasteiger partial charge in [0.2, 0.25) is 0 Å². The Bertz CT molecular complexity index is 279. The molecule has 1 aliphatic heterocycles. The van der Waals surface area contributed by atoms with E-state index in [-0.39, 0.29) is 0 Å². The van der Waals surface area contributed by atoms with Gasteiger partial charge in [0.05, 0.1) is 11.7 Å². The SMILES string of the molecule is CC1(C)CNC(c2ccccn2)C1. The summed E-state index contributed by atoms with van der Waals surface area (Å²) in [5.41, 5.74) is 1.59. The van der Waals surface area contributed by atoms with Crippen molar-refractivity contribution in [3.8, 4) is 0 Å². The molecule has 2 nitrogen and oxygen atoms in total. The molecule has 0 aromatic carbocycles. The molecule has 1 unspecified atom stereocenters. The van der Waals surface area contributed by atoms with Gasteiger partial charge in [0, 0.05) is 12.7 Å². The molecule has 70 valence electrons. The largest absolute Gasteiger partial charge is 0.308 e. The molecule has 1 aromatic rings. The average molecular weight is 176 g/mol. The van der Waals surface area contributed by atoms with Crippen molar-refractivity contribution in [2.24, 2.45) is 5.41 Å². The van der Waals surface area contributed by atoms with Gasteiger partial charge < -0.3 is 5.32 Å². The van der Waals surface area contributed by atoms with Crippen molar-refractivity contribution in [1.29, 1.82) is 0 Å². The van der Waals surface area contributed by atoms with Crippen LogP contribution in [0.5, 0.6) is 0 Å². The smallest absolute Gasteiger partial charge is 0.0573 e. The van der Waals surface area contributed by atoms with Gasteiger partial charge in [-0.2, -0.15) is 0 Å². The Morgan fingerprint density at radius 3 is 2.85 bits per heavy atom. The maximum absolute atomic E-state index is 4.36. The third-order valence-corrected chi connectivity index (χ3v) is 2.63. The first-order chi connectivity index (χ1) is 6.17. The lowest BCUT2D eigenvalue weighted by molar-refractivity contribution is 0.402. The zero-order valence-electron chi connectivity index (χ0n) is 8.25. The highest BCUT2D eigenvalue weighted by atomic mass is 15.0. The van der Waals surface area contributed by atoms with Crippen molar-refractivity contribution < 1.29 is 0 Å². The molecule has 2 heterocycles. The molecule has 0 bridgehead atoms. The number of hydrogen-bond donors (Lipinski definition) is 1. The van der Waals surface area contributed by atoms with E-state index in [9.17, 15) is 0 Å². The van der Waals surface area contributed by atoms with E-state index in [4.69, 9.17) is 0 Å². The number of nitrogens with one attached hydrogen (secondary N) is 1. The van der Waals surface area contributed by atoms with Crippen LogP contribution in [0.2, 0.25) is 0 Å². The lowest BCUT2D eigenvalue weighted by Crippen LogP contribution is -2.17. The number of rotatable bonds is 1. The van der Waals surface area contributed by atoms with E-state index in [0.29, 0.717) is 11.5 Å². The minimum atomic E-state index is 0.419. The van der Waals surface area contributed by atoms with Crippen molar-refractivity contribution >= 4 is 0 Å². The first-order valence-electron chi connectivity index (χ1n) is 4.82. The normalized spacial score (nSPS) is 26.2. The van der Waals surface area contributed by atoms with Gasteiger partial charge in [0.15, 0.2) is 0 Å². The van der Waals surface area contributed by atoms with E-state index in [1.54, 1.807) is 0 Å². The second-order valence-corrected chi connectivity index (χ2v) is 4.56. The Morgan fingerprint density at radius 2 is 2.31 bits per heavy atom. The highest BCUT2D eigenvalue weighted by molar-refractivity contribution is 5.11. The van der Waals surface area contributed by atoms with Gasteiger partial charge in [-0.1, -0.05) is 19.9 Å². The van der Waals surface area contributed by atoms with Crippen LogP contribution in [0.15, 0.2) is 24.4 Å². The Balaban J connectivity index is 2.13. The third kappa shape index (κ3) is 1.89. The molecule has 2 heteroatoms. The lowest BCUT2D eigenvalue weighted by Gasteiger charge is -2.14. The molecule has 0 spiro atoms. The predicted octanol–water partition coefficient (Wildman–Crippen LogP) is 2.14. The molecule has 1 aliphatic rings. The van der Waals surface area contributed by atoms with Crippen LogP contribution < -0.4 is 5.32 Å². The highest BCUT2D eigenvalue weighted by Gasteiger charge is 2.31. The first kappa shape index (κ1) is 8.70. The third-order valence-electron chi connectivity index (χ3n) is 2.63. The van der Waals surface area contributed by atoms with Crippen molar-refractivity contribution in [3.63, 3.8) is 0 Å². The van der Waals surface area contributed by atoms with Crippen LogP contribution in [0, 0.1) is 5.41 Å². The summed E-state index contributed by atoms with van der Waals surface area (Å²) < 4.78 is 0. The van der Waals surface area contributed by atoms with Crippen molar-refractivity contribution in [2.45, 2.75) is 26.3 Å². The van der Waals surface area contributed by atoms with Crippen LogP contribution >= 0.6 is 0 Å². The Morgan fingerprint density at radius 1 is 1.46 bits per heavy atom. The summed E-state index contributed by atoms with van der Waals surface area (Å²) in [6.45, 7) is 5.68. The van der Waals surface area contributed by atoms with Gasteiger partial charge in [-0.15, -0.1) is 0 Å². The number of pyridine rings is 1. The van der Waals surface area contributed by atoms with Gasteiger partial charge in [0.25, 0.3) is 0 Å². The summed E-state index contributed by atoms with van der Waals surface area (Å²) in [5, 5.41) is 3.50. The molecular formula is C11H16N2. The summed E-state index contributed by atoms with van der Waals surface area (Å²) in [7, 11) is 0. The Hall–Kier alpha value is -0.890. The maximum Gasteiger partial charge on any atom is 0.0573 e. The molecule has 1 atom stereocenters. The maximum atomic E-state index is 4.36. The average Bonchev–Trinajstić information content (AvgIpc) is 2.48. The quantitative estimate of drug-likeness (QED) is 0.709. The molecule has 1 saturated heterocycles. The standard InChI is InChI=1S/C11H16N2/c1-11(2)7-10(13-8-11)9-5-3-4-6-12-9/h3-6,10,13H,7-8H2,1-2H3. The van der Waals surface area contributed by atoms with E-state index >= 15 is 0 Å². The number of hydrogen-bond acceptors (Lipinski definition) is 2. The molecule has 1 fully saturated rings. The Labute approximate surface area is 79.4 Å². The fourth-order valence-electron chi connectivity index (χ4n) is 1.89. The number of nitrogens with zero attached hydrogens (tertiary/aromatic N) is 1. The molecular weight excluding hydrogens is 160 g/mol. The van der Waals surface area contributed by atoms with Crippen LogP contribution in [0.1, 0.15) is 32.0 Å². The molecule has 1 aromatic heterocycles. The monoisotopic (exact) mass is 176 g/mol. The molecule has 0 saturated carbocycles. The van der Waals surface area contributed by atoms with E-state index < -0.39 is 0 Å². The van der Waals surface area contributed by atoms with Gasteiger partial charge in [-0.05, 0) is 24.0 Å². The zero-order chi connectivity index (χ0) is 9.31. The van der Waals surface area contributed by atoms with Crippen molar-refractivity contribution in [2.75, 3.05) is 6.54 Å². The van der Waals surface area contributed by atoms with Crippen LogP contribution in [0.4, 0.5) is 0 Å². The van der Waals surface area contributed by atoms with Crippen LogP contribution in [0.25, 0.3) is 0 Å². The fraction of sp³-hybridized carbons (Fsp3) is 0.545. The molecule has 0 radical (unpaired) electrons. The van der Waals surface area contributed by atoms with Gasteiger partial charge >= 0.3 is 0 Å². The van der Waals surface area contributed by atoms with Gasteiger partial charge in [-0.25, -0.2) is 0 Å². The molecule has 0 aliphatic carbocycles. The van der Waals surface area contributed by atoms with Crippen molar-refractivity contribution in [3.05, 3.63) is 30.1 Å². The molecule has 1 N–H and O–H groups in total. The summed E-state index contributed by atoms with van der Waals surface area (Å²) in [6.07, 6.45) is 3.05. The molecule has 2 rings (SSSR count). The predicted molar refractivity (Wildman–Crippen MR) is 53.4 cm³/mol. The summed E-state index contributed by atoms with van der Waals surface area (Å²) >= 11 is 0. The zero-order valence-corrected chi connectivity index (χ0v) is 8.25. The van der Waals surface area contributed by atoms with Crippen molar-refractivity contribution in [1.82, 2.24) is 10.3 Å². The lowest BCUT2D eigenvalue weighted by atomic mass is 9.90. The molecule has 0 amide bonds. The van der Waals surface area contributed by atoms with E-state index in [1.165, 1.54) is 12.1 Å². The van der Waals surface area contributed by atoms with E-state index in [0.717, 1.165) is 6.54 Å². The minimum absolute atomic E-state index is 0.419. The van der Waals surface area contributed by atoms with Crippen LogP contribution in [-0.4, -0.2) is 11.5 Å². The topological polar surface area (TPSA) is 24.9 Å². The second-order valence-electron chi connectivity index (χ2n) is 4.56. The minimum Gasteiger partial charge on any atom is -0.308 e. The number of aromatic nitrogens is 1. The van der Waals surface area contributed by atoms with Crippen LogP contribution in [-0.2, 0) is 0 Å². The first-order valence-corrected chi connectivity index (χ1v) is 4.82. The summed E-state index contributed by atoms with van der Waals surface area (Å²) in [4.78, 5) is 4.36. The molecule has 13 heavy (non-hydrogen) atoms. The second kappa shape index (κ2) is 3.11. The van der Waals surface area contributed by atoms with Gasteiger partial charge in [-0.3, -0.25) is 4.98 Å². The summed E-state index contributed by atoms with van der Waals surface area (Å²) in [6, 6.07) is 6.56. The van der Waals surface area contributed by atoms with E-state index in [1.807, 2.05) is 12.3 Å². The Kier molecular flexibility index (Phi) is 2.08. The van der Waals surface area contributed by atoms with E-state index in [2.05, 4.69) is 36.3 Å². The fourth-order valence-corrected chi connectivity index (χ4v) is 1.89. The van der Waals surface area contributed by atoms with Crippen LogP contribution in [0.3, 0.4) is 0 Å². The summed E-state index contributed by atoms with van der Waals surface area (Å²) in [5.74, 6) is 0. The van der Waals surface area contributed by atoms with Gasteiger partial charge in [0.1, 0.15) is 0 Å².